The summed E-state index contributed by atoms with van der Waals surface area (Å²) in [7, 11) is 1.62. The van der Waals surface area contributed by atoms with E-state index in [1.54, 1.807) is 19.2 Å². The lowest BCUT2D eigenvalue weighted by atomic mass is 10.3. The topological polar surface area (TPSA) is 80.7 Å². The van der Waals surface area contributed by atoms with Crippen LogP contribution in [0.5, 0.6) is 5.75 Å². The van der Waals surface area contributed by atoms with Crippen molar-refractivity contribution in [3.8, 4) is 5.75 Å². The van der Waals surface area contributed by atoms with Gasteiger partial charge in [0.25, 0.3) is 5.91 Å². The third-order valence-electron chi connectivity index (χ3n) is 2.18. The molecule has 1 aromatic rings. The van der Waals surface area contributed by atoms with Crippen molar-refractivity contribution < 1.29 is 19.4 Å². The van der Waals surface area contributed by atoms with E-state index in [-0.39, 0.29) is 19.1 Å². The Kier molecular flexibility index (Phi) is 6.75. The van der Waals surface area contributed by atoms with Crippen molar-refractivity contribution in [3.63, 3.8) is 0 Å². The monoisotopic (exact) mass is 254 g/mol. The first-order valence-corrected chi connectivity index (χ1v) is 5.70. The van der Waals surface area contributed by atoms with E-state index >= 15 is 0 Å². The highest BCUT2D eigenvalue weighted by Gasteiger charge is 2.02. The molecule has 6 heteroatoms. The van der Waals surface area contributed by atoms with Crippen LogP contribution in [0.3, 0.4) is 0 Å². The molecular weight excluding hydrogens is 236 g/mol. The number of ether oxygens (including phenoxy) is 2. The number of pyridine rings is 1. The van der Waals surface area contributed by atoms with Gasteiger partial charge in [0, 0.05) is 20.3 Å². The first-order chi connectivity index (χ1) is 8.76. The molecule has 0 saturated carbocycles. The molecule has 6 nitrogen and oxygen atoms in total. The summed E-state index contributed by atoms with van der Waals surface area (Å²) >= 11 is 0. The zero-order valence-corrected chi connectivity index (χ0v) is 10.4. The van der Waals surface area contributed by atoms with Crippen LogP contribution in [0, 0.1) is 0 Å². The van der Waals surface area contributed by atoms with Crippen LogP contribution in [-0.2, 0) is 16.1 Å². The highest BCUT2D eigenvalue weighted by molar-refractivity contribution is 5.77. The fourth-order valence-corrected chi connectivity index (χ4v) is 1.23. The Morgan fingerprint density at radius 3 is 2.94 bits per heavy atom. The molecule has 2 N–H and O–H groups in total. The Morgan fingerprint density at radius 2 is 2.33 bits per heavy atom. The maximum atomic E-state index is 11.4. The molecule has 0 atom stereocenters. The summed E-state index contributed by atoms with van der Waals surface area (Å²) in [5, 5.41) is 11.5. The van der Waals surface area contributed by atoms with Crippen LogP contribution in [-0.4, -0.2) is 42.9 Å². The van der Waals surface area contributed by atoms with E-state index in [1.165, 1.54) is 6.20 Å². The lowest BCUT2D eigenvalue weighted by Crippen LogP contribution is -2.30. The number of nitrogens with zero attached hydrogens (tertiary/aromatic N) is 1. The van der Waals surface area contributed by atoms with Crippen LogP contribution >= 0.6 is 0 Å². The third kappa shape index (κ3) is 5.60. The van der Waals surface area contributed by atoms with E-state index in [9.17, 15) is 4.79 Å². The largest absolute Gasteiger partial charge is 0.482 e. The van der Waals surface area contributed by atoms with Crippen LogP contribution in [0.25, 0.3) is 0 Å². The minimum Gasteiger partial charge on any atom is -0.482 e. The van der Waals surface area contributed by atoms with Crippen molar-refractivity contribution in [2.45, 2.75) is 13.0 Å². The summed E-state index contributed by atoms with van der Waals surface area (Å²) in [4.78, 5) is 15.3. The molecule has 0 fully saturated rings. The van der Waals surface area contributed by atoms with Crippen molar-refractivity contribution in [1.29, 1.82) is 0 Å². The number of nitrogens with one attached hydrogen (secondary N) is 1. The normalized spacial score (nSPS) is 10.1. The van der Waals surface area contributed by atoms with Crippen LogP contribution in [0.4, 0.5) is 0 Å². The number of aromatic nitrogens is 1. The molecule has 1 amide bonds. The van der Waals surface area contributed by atoms with Gasteiger partial charge in [-0.1, -0.05) is 0 Å². The number of hydrogen-bond donors (Lipinski definition) is 2. The summed E-state index contributed by atoms with van der Waals surface area (Å²) in [6, 6.07) is 3.31. The van der Waals surface area contributed by atoms with E-state index in [2.05, 4.69) is 10.3 Å². The molecule has 0 aliphatic rings. The molecule has 1 rings (SSSR count). The van der Waals surface area contributed by atoms with E-state index in [0.29, 0.717) is 24.6 Å². The second kappa shape index (κ2) is 8.43. The maximum Gasteiger partial charge on any atom is 0.257 e. The van der Waals surface area contributed by atoms with Gasteiger partial charge in [0.2, 0.25) is 0 Å². The summed E-state index contributed by atoms with van der Waals surface area (Å²) in [5.74, 6) is 0.316. The standard InChI is InChI=1S/C12H18N2O4/c1-17-6-2-5-13-12(16)9-18-11-4-3-10(8-15)14-7-11/h3-4,7,15H,2,5-6,8-9H2,1H3,(H,13,16). The van der Waals surface area contributed by atoms with Crippen molar-refractivity contribution in [2.75, 3.05) is 26.9 Å². The molecule has 0 bridgehead atoms. The molecule has 0 radical (unpaired) electrons. The SMILES string of the molecule is COCCCNC(=O)COc1ccc(CO)nc1. The molecular formula is C12H18N2O4. The second-order valence-electron chi connectivity index (χ2n) is 3.63. The lowest BCUT2D eigenvalue weighted by molar-refractivity contribution is -0.123. The van der Waals surface area contributed by atoms with Gasteiger partial charge in [0.05, 0.1) is 18.5 Å². The van der Waals surface area contributed by atoms with Crippen molar-refractivity contribution >= 4 is 5.91 Å². The summed E-state index contributed by atoms with van der Waals surface area (Å²) in [5.41, 5.74) is 0.561. The van der Waals surface area contributed by atoms with E-state index in [4.69, 9.17) is 14.6 Å². The van der Waals surface area contributed by atoms with Crippen molar-refractivity contribution in [3.05, 3.63) is 24.0 Å². The number of aliphatic hydroxyl groups excluding tert-OH is 1. The molecule has 1 aromatic heterocycles. The second-order valence-corrected chi connectivity index (χ2v) is 3.63. The number of aliphatic hydroxyl groups is 1. The van der Waals surface area contributed by atoms with Gasteiger partial charge in [0.15, 0.2) is 6.61 Å². The summed E-state index contributed by atoms with van der Waals surface area (Å²) in [6.45, 7) is 1.03. The van der Waals surface area contributed by atoms with Crippen molar-refractivity contribution in [2.24, 2.45) is 0 Å². The number of hydrogen-bond acceptors (Lipinski definition) is 5. The minimum atomic E-state index is -0.183. The molecule has 0 unspecified atom stereocenters. The third-order valence-corrected chi connectivity index (χ3v) is 2.18. The molecule has 0 aromatic carbocycles. The van der Waals surface area contributed by atoms with Gasteiger partial charge >= 0.3 is 0 Å². The quantitative estimate of drug-likeness (QED) is 0.643. The first kappa shape index (κ1) is 14.4. The van der Waals surface area contributed by atoms with E-state index < -0.39 is 0 Å². The number of carbonyl (C=O) groups excluding carboxylic acids is 1. The number of carbonyl (C=O) groups is 1. The molecule has 100 valence electrons. The van der Waals surface area contributed by atoms with Crippen LogP contribution in [0.2, 0.25) is 0 Å². The summed E-state index contributed by atoms with van der Waals surface area (Å²) in [6.07, 6.45) is 2.25. The minimum absolute atomic E-state index is 0.0485. The van der Waals surface area contributed by atoms with E-state index in [1.807, 2.05) is 0 Å². The Hall–Kier alpha value is -1.66. The van der Waals surface area contributed by atoms with Gasteiger partial charge in [-0.15, -0.1) is 0 Å². The molecule has 0 spiro atoms. The first-order valence-electron chi connectivity index (χ1n) is 5.70. The lowest BCUT2D eigenvalue weighted by Gasteiger charge is -2.07. The average Bonchev–Trinajstić information content (AvgIpc) is 2.42. The van der Waals surface area contributed by atoms with E-state index in [0.717, 1.165) is 6.42 Å². The Morgan fingerprint density at radius 1 is 1.50 bits per heavy atom. The predicted octanol–water partition coefficient (Wildman–Crippen LogP) is 0.105. The predicted molar refractivity (Wildman–Crippen MR) is 65.2 cm³/mol. The van der Waals surface area contributed by atoms with Crippen LogP contribution in [0.15, 0.2) is 18.3 Å². The number of rotatable bonds is 8. The van der Waals surface area contributed by atoms with Gasteiger partial charge in [0.1, 0.15) is 5.75 Å². The fourth-order valence-electron chi connectivity index (χ4n) is 1.23. The van der Waals surface area contributed by atoms with Gasteiger partial charge in [-0.2, -0.15) is 0 Å². The highest BCUT2D eigenvalue weighted by atomic mass is 16.5. The molecule has 1 heterocycles. The molecule has 0 aliphatic carbocycles. The number of amides is 1. The van der Waals surface area contributed by atoms with Gasteiger partial charge in [-0.3, -0.25) is 9.78 Å². The van der Waals surface area contributed by atoms with Gasteiger partial charge in [-0.05, 0) is 18.6 Å². The average molecular weight is 254 g/mol. The smallest absolute Gasteiger partial charge is 0.257 e. The maximum absolute atomic E-state index is 11.4. The zero-order valence-electron chi connectivity index (χ0n) is 10.4. The summed E-state index contributed by atoms with van der Waals surface area (Å²) < 4.78 is 10.1. The highest BCUT2D eigenvalue weighted by Crippen LogP contribution is 2.08. The van der Waals surface area contributed by atoms with Crippen LogP contribution < -0.4 is 10.1 Å². The zero-order chi connectivity index (χ0) is 13.2. The Labute approximate surface area is 106 Å². The van der Waals surface area contributed by atoms with Crippen LogP contribution in [0.1, 0.15) is 12.1 Å². The molecule has 18 heavy (non-hydrogen) atoms. The number of methoxy groups -OCH3 is 1. The van der Waals surface area contributed by atoms with Gasteiger partial charge < -0.3 is 19.9 Å². The fraction of sp³-hybridized carbons (Fsp3) is 0.500. The van der Waals surface area contributed by atoms with Crippen molar-refractivity contribution in [1.82, 2.24) is 10.3 Å². The molecule has 0 aliphatic heterocycles. The van der Waals surface area contributed by atoms with Gasteiger partial charge in [-0.25, -0.2) is 0 Å². The Balaban J connectivity index is 2.20. The Bertz CT molecular complexity index is 354. The molecule has 0 saturated heterocycles.